The summed E-state index contributed by atoms with van der Waals surface area (Å²) in [5, 5.41) is 2.81. The van der Waals surface area contributed by atoms with Crippen LogP contribution in [0.2, 0.25) is 0 Å². The quantitative estimate of drug-likeness (QED) is 0.0447. The zero-order valence-corrected chi connectivity index (χ0v) is 36.6. The number of amides is 1. The molecular weight excluding hydrogens is 864 g/mol. The van der Waals surface area contributed by atoms with E-state index >= 15 is 4.57 Å². The van der Waals surface area contributed by atoms with Crippen molar-refractivity contribution in [3.8, 4) is 5.75 Å². The number of ether oxygens (including phenoxy) is 3. The maximum Gasteiger partial charge on any atom is 0.475 e. The Labute approximate surface area is 370 Å². The number of carbonyl (C=O) groups is 1. The van der Waals surface area contributed by atoms with E-state index in [0.29, 0.717) is 22.4 Å². The molecule has 0 bridgehead atoms. The van der Waals surface area contributed by atoms with Crippen molar-refractivity contribution in [3.05, 3.63) is 175 Å². The molecule has 0 spiro atoms. The third kappa shape index (κ3) is 12.1. The highest BCUT2D eigenvalue weighted by atomic mass is 31.2. The topological polar surface area (TPSA) is 190 Å². The predicted octanol–water partition coefficient (Wildman–Crippen LogP) is 9.03. The molecule has 4 atom stereocenters. The summed E-state index contributed by atoms with van der Waals surface area (Å²) in [6.45, 7) is 6.11. The number of nitrogens with zero attached hydrogens (tertiary/aromatic N) is 4. The van der Waals surface area contributed by atoms with Crippen LogP contribution < -0.4 is 10.1 Å². The molecule has 7 rings (SSSR count). The Balaban J connectivity index is 1.28. The van der Waals surface area contributed by atoms with Crippen LogP contribution in [0.25, 0.3) is 11.2 Å². The monoisotopic (exact) mass is 911 g/mol. The van der Waals surface area contributed by atoms with Gasteiger partial charge in [-0.2, -0.15) is 0 Å². The van der Waals surface area contributed by atoms with Crippen molar-refractivity contribution < 1.29 is 55.3 Å². The normalized spacial score (nSPS) is 17.6. The molecule has 0 aliphatic carbocycles. The average molecular weight is 912 g/mol. The van der Waals surface area contributed by atoms with Gasteiger partial charge in [0.05, 0.1) is 53.1 Å². The second kappa shape index (κ2) is 22.3. The Morgan fingerprint density at radius 3 is 1.91 bits per heavy atom. The molecular formula is C45H47N5O12P2. The summed E-state index contributed by atoms with van der Waals surface area (Å²) >= 11 is 0. The fourth-order valence-corrected chi connectivity index (χ4v) is 8.94. The lowest BCUT2D eigenvalue weighted by Crippen LogP contribution is -2.38. The number of phosphoric ester groups is 2. The van der Waals surface area contributed by atoms with Gasteiger partial charge < -0.3 is 19.5 Å². The van der Waals surface area contributed by atoms with E-state index in [1.165, 1.54) is 24.8 Å². The molecule has 1 saturated heterocycles. The smallest absolute Gasteiger partial charge is 0.475 e. The Bertz CT molecular complexity index is 2490. The SMILES string of the molecule is C=CCOP(=O)(OCC=C)OC[C@H]1O[C@@H](n2cnc3c(NC(=O)c4ccccc4)ncnc32)[C@H](OCc2ccc(OC)cc2)[C@@H]1OP(=O)(OCc1ccccc1)OCc1ccccc1. The van der Waals surface area contributed by atoms with Crippen LogP contribution in [0.5, 0.6) is 5.75 Å². The third-order valence-electron chi connectivity index (χ3n) is 9.60. The number of anilines is 1. The molecule has 1 aliphatic heterocycles. The van der Waals surface area contributed by atoms with Gasteiger partial charge in [0.15, 0.2) is 23.2 Å². The largest absolute Gasteiger partial charge is 0.497 e. The summed E-state index contributed by atoms with van der Waals surface area (Å²) in [6, 6.07) is 34.0. The minimum absolute atomic E-state index is 0.00855. The number of methoxy groups -OCH3 is 1. The van der Waals surface area contributed by atoms with Crippen molar-refractivity contribution in [2.45, 2.75) is 44.4 Å². The van der Waals surface area contributed by atoms with Crippen LogP contribution in [-0.2, 0) is 65.6 Å². The first-order valence-electron chi connectivity index (χ1n) is 20.0. The number of imidazole rings is 1. The highest BCUT2D eigenvalue weighted by Gasteiger charge is 2.52. The molecule has 19 heteroatoms. The number of fused-ring (bicyclic) bond motifs is 1. The molecule has 1 fully saturated rings. The number of hydrogen-bond donors (Lipinski definition) is 1. The van der Waals surface area contributed by atoms with E-state index in [4.69, 9.17) is 41.4 Å². The molecule has 0 radical (unpaired) electrons. The Hall–Kier alpha value is -5.68. The summed E-state index contributed by atoms with van der Waals surface area (Å²) in [5.74, 6) is 0.354. The molecule has 334 valence electrons. The lowest BCUT2D eigenvalue weighted by Gasteiger charge is -2.28. The predicted molar refractivity (Wildman–Crippen MR) is 236 cm³/mol. The molecule has 6 aromatic rings. The van der Waals surface area contributed by atoms with Crippen LogP contribution in [0.3, 0.4) is 0 Å². The molecule has 1 aliphatic rings. The average Bonchev–Trinajstić information content (AvgIpc) is 3.92. The van der Waals surface area contributed by atoms with Crippen LogP contribution in [0, 0.1) is 0 Å². The van der Waals surface area contributed by atoms with Crippen molar-refractivity contribution >= 4 is 38.5 Å². The minimum atomic E-state index is -4.57. The van der Waals surface area contributed by atoms with Gasteiger partial charge in [-0.3, -0.25) is 36.5 Å². The fraction of sp³-hybridized carbons (Fsp3) is 0.244. The summed E-state index contributed by atoms with van der Waals surface area (Å²) < 4.78 is 84.7. The molecule has 1 amide bonds. The van der Waals surface area contributed by atoms with E-state index in [1.807, 2.05) is 48.5 Å². The van der Waals surface area contributed by atoms with Gasteiger partial charge in [-0.25, -0.2) is 24.1 Å². The van der Waals surface area contributed by atoms with Crippen molar-refractivity contribution in [2.24, 2.45) is 0 Å². The molecule has 0 unspecified atom stereocenters. The lowest BCUT2D eigenvalue weighted by atomic mass is 10.1. The summed E-state index contributed by atoms with van der Waals surface area (Å²) in [7, 11) is -7.29. The van der Waals surface area contributed by atoms with Crippen LogP contribution in [0.1, 0.15) is 33.3 Å². The molecule has 0 saturated carbocycles. The number of benzene rings is 4. The zero-order chi connectivity index (χ0) is 44.8. The minimum Gasteiger partial charge on any atom is -0.497 e. The number of hydrogen-bond acceptors (Lipinski definition) is 15. The van der Waals surface area contributed by atoms with Crippen molar-refractivity contribution in [3.63, 3.8) is 0 Å². The standard InChI is InChI=1S/C45H47N5O12P2/c1-4-25-56-63(52,57-26-5-2)60-30-38-40(62-64(53,58-28-33-15-9-6-10-16-33)59-29-34-17-11-7-12-18-34)41(55-27-35-21-23-37(54-3)24-22-35)45(61-38)50-32-48-39-42(46-31-47-43(39)50)49-44(51)36-19-13-8-14-20-36/h4-24,31-32,38,40-41,45H,1-2,25-30H2,3H3,(H,46,47,49,51)/t38-,40-,41-,45-/m1/s1. The second-order valence-electron chi connectivity index (χ2n) is 14.0. The summed E-state index contributed by atoms with van der Waals surface area (Å²) in [4.78, 5) is 26.6. The number of nitrogens with one attached hydrogen (secondary N) is 1. The molecule has 1 N–H and O–H groups in total. The first-order valence-corrected chi connectivity index (χ1v) is 23.0. The third-order valence-corrected chi connectivity index (χ3v) is 12.4. The fourth-order valence-electron chi connectivity index (χ4n) is 6.45. The molecule has 3 heterocycles. The van der Waals surface area contributed by atoms with E-state index in [9.17, 15) is 9.36 Å². The van der Waals surface area contributed by atoms with Gasteiger partial charge >= 0.3 is 15.6 Å². The number of rotatable bonds is 24. The van der Waals surface area contributed by atoms with Crippen LogP contribution in [0.15, 0.2) is 153 Å². The van der Waals surface area contributed by atoms with Crippen molar-refractivity contribution in [2.75, 3.05) is 32.2 Å². The van der Waals surface area contributed by atoms with E-state index in [2.05, 4.69) is 33.4 Å². The Kier molecular flexibility index (Phi) is 16.1. The van der Waals surface area contributed by atoms with Gasteiger partial charge in [-0.05, 0) is 41.0 Å². The van der Waals surface area contributed by atoms with Gasteiger partial charge in [-0.15, -0.1) is 13.2 Å². The Morgan fingerprint density at radius 2 is 1.31 bits per heavy atom. The van der Waals surface area contributed by atoms with Gasteiger partial charge in [0.2, 0.25) is 0 Å². The van der Waals surface area contributed by atoms with Gasteiger partial charge in [0, 0.05) is 5.56 Å². The summed E-state index contributed by atoms with van der Waals surface area (Å²) in [6.07, 6.45) is 0.582. The van der Waals surface area contributed by atoms with E-state index in [0.717, 1.165) is 5.56 Å². The highest BCUT2D eigenvalue weighted by molar-refractivity contribution is 7.48. The second-order valence-corrected chi connectivity index (χ2v) is 17.3. The number of phosphoric acid groups is 2. The lowest BCUT2D eigenvalue weighted by molar-refractivity contribution is -0.0765. The van der Waals surface area contributed by atoms with Crippen LogP contribution in [0.4, 0.5) is 5.82 Å². The maximum absolute atomic E-state index is 15.1. The molecule has 64 heavy (non-hydrogen) atoms. The van der Waals surface area contributed by atoms with Crippen LogP contribution in [-0.4, -0.2) is 70.7 Å². The first kappa shape index (κ1) is 46.3. The zero-order valence-electron chi connectivity index (χ0n) is 34.8. The molecule has 17 nitrogen and oxygen atoms in total. The van der Waals surface area contributed by atoms with Crippen molar-refractivity contribution in [1.29, 1.82) is 0 Å². The molecule has 2 aromatic heterocycles. The maximum atomic E-state index is 15.1. The van der Waals surface area contributed by atoms with Crippen LogP contribution >= 0.6 is 15.6 Å². The van der Waals surface area contributed by atoms with Gasteiger partial charge in [0.25, 0.3) is 5.91 Å². The Morgan fingerprint density at radius 1 is 0.719 bits per heavy atom. The molecule has 4 aromatic carbocycles. The first-order chi connectivity index (χ1) is 31.2. The van der Waals surface area contributed by atoms with E-state index in [-0.39, 0.29) is 50.0 Å². The van der Waals surface area contributed by atoms with Gasteiger partial charge in [0.1, 0.15) is 30.4 Å². The highest BCUT2D eigenvalue weighted by Crippen LogP contribution is 2.56. The van der Waals surface area contributed by atoms with E-state index in [1.54, 1.807) is 78.4 Å². The van der Waals surface area contributed by atoms with Gasteiger partial charge in [-0.1, -0.05) is 103 Å². The number of carbonyl (C=O) groups excluding carboxylic acids is 1. The van der Waals surface area contributed by atoms with E-state index < -0.39 is 52.7 Å². The summed E-state index contributed by atoms with van der Waals surface area (Å²) in [5.41, 5.74) is 3.00. The number of aromatic nitrogens is 4. The van der Waals surface area contributed by atoms with Crippen molar-refractivity contribution in [1.82, 2.24) is 19.5 Å².